The summed E-state index contributed by atoms with van der Waals surface area (Å²) < 4.78 is 0. The van der Waals surface area contributed by atoms with E-state index in [1.54, 1.807) is 30.8 Å². The van der Waals surface area contributed by atoms with Crippen LogP contribution in [0.2, 0.25) is 0 Å². The van der Waals surface area contributed by atoms with Gasteiger partial charge in [0.05, 0.1) is 6.04 Å². The number of hydrogen-bond donors (Lipinski definition) is 1. The Bertz CT molecular complexity index is 291. The van der Waals surface area contributed by atoms with E-state index in [0.717, 1.165) is 10.9 Å². The van der Waals surface area contributed by atoms with Crippen LogP contribution in [0, 0.1) is 5.92 Å². The van der Waals surface area contributed by atoms with Gasteiger partial charge in [0.25, 0.3) is 0 Å². The van der Waals surface area contributed by atoms with E-state index in [4.69, 9.17) is 0 Å². The number of thioether (sulfide) groups is 1. The summed E-state index contributed by atoms with van der Waals surface area (Å²) in [7, 11) is 3.53. The first-order chi connectivity index (χ1) is 7.41. The van der Waals surface area contributed by atoms with Gasteiger partial charge in [-0.25, -0.2) is 0 Å². The smallest absolute Gasteiger partial charge is 0.244 e. The van der Waals surface area contributed by atoms with Crippen molar-refractivity contribution in [2.24, 2.45) is 10.9 Å². The number of amides is 1. The second-order valence-electron chi connectivity index (χ2n) is 4.56. The van der Waals surface area contributed by atoms with E-state index in [1.807, 2.05) is 6.92 Å². The number of aliphatic imine (C=N–C) groups is 1. The van der Waals surface area contributed by atoms with Crippen LogP contribution in [-0.4, -0.2) is 47.9 Å². The van der Waals surface area contributed by atoms with Gasteiger partial charge in [-0.15, -0.1) is 0 Å². The Kier molecular flexibility index (Phi) is 4.65. The minimum Gasteiger partial charge on any atom is -0.353 e. The molecule has 0 aromatic heterocycles. The number of nitrogens with zero attached hydrogens (tertiary/aromatic N) is 2. The van der Waals surface area contributed by atoms with Crippen molar-refractivity contribution in [3.63, 3.8) is 0 Å². The number of rotatable bonds is 2. The van der Waals surface area contributed by atoms with Gasteiger partial charge >= 0.3 is 0 Å². The molecular formula is C11H21N3OS. The van der Waals surface area contributed by atoms with Gasteiger partial charge in [0.1, 0.15) is 6.04 Å². The van der Waals surface area contributed by atoms with Crippen molar-refractivity contribution in [3.05, 3.63) is 0 Å². The van der Waals surface area contributed by atoms with Crippen molar-refractivity contribution < 1.29 is 4.79 Å². The SMILES string of the molecule is CC(NC1=NC(C)C(C)CS1)C(=O)N(C)C. The number of carbonyl (C=O) groups excluding carboxylic acids is 1. The van der Waals surface area contributed by atoms with Crippen LogP contribution in [0.4, 0.5) is 0 Å². The van der Waals surface area contributed by atoms with Crippen LogP contribution < -0.4 is 5.32 Å². The first-order valence-electron chi connectivity index (χ1n) is 5.60. The molecule has 0 saturated heterocycles. The largest absolute Gasteiger partial charge is 0.353 e. The van der Waals surface area contributed by atoms with E-state index in [9.17, 15) is 4.79 Å². The number of amidine groups is 1. The third-order valence-corrected chi connectivity index (χ3v) is 3.97. The zero-order valence-electron chi connectivity index (χ0n) is 10.7. The summed E-state index contributed by atoms with van der Waals surface area (Å²) in [5.41, 5.74) is 0. The monoisotopic (exact) mass is 243 g/mol. The van der Waals surface area contributed by atoms with Gasteiger partial charge in [-0.3, -0.25) is 9.79 Å². The fraction of sp³-hybridized carbons (Fsp3) is 0.818. The Labute approximate surface area is 102 Å². The Morgan fingerprint density at radius 2 is 2.19 bits per heavy atom. The zero-order valence-corrected chi connectivity index (χ0v) is 11.5. The predicted molar refractivity (Wildman–Crippen MR) is 69.8 cm³/mol. The normalized spacial score (nSPS) is 26.9. The molecule has 1 N–H and O–H groups in total. The lowest BCUT2D eigenvalue weighted by Gasteiger charge is -2.26. The van der Waals surface area contributed by atoms with Gasteiger partial charge < -0.3 is 10.2 Å². The highest BCUT2D eigenvalue weighted by Gasteiger charge is 2.22. The van der Waals surface area contributed by atoms with Crippen LogP contribution in [0.1, 0.15) is 20.8 Å². The van der Waals surface area contributed by atoms with Gasteiger partial charge in [-0.2, -0.15) is 0 Å². The maximum absolute atomic E-state index is 11.7. The molecule has 1 aliphatic rings. The van der Waals surface area contributed by atoms with Crippen LogP contribution in [0.25, 0.3) is 0 Å². The molecule has 92 valence electrons. The number of carbonyl (C=O) groups is 1. The van der Waals surface area contributed by atoms with E-state index in [2.05, 4.69) is 24.2 Å². The lowest BCUT2D eigenvalue weighted by Crippen LogP contribution is -2.44. The number of hydrogen-bond acceptors (Lipinski definition) is 4. The second kappa shape index (κ2) is 5.57. The van der Waals surface area contributed by atoms with Crippen molar-refractivity contribution in [2.45, 2.75) is 32.9 Å². The first kappa shape index (κ1) is 13.4. The average Bonchev–Trinajstić information content (AvgIpc) is 2.22. The van der Waals surface area contributed by atoms with E-state index >= 15 is 0 Å². The Morgan fingerprint density at radius 1 is 1.56 bits per heavy atom. The average molecular weight is 243 g/mol. The van der Waals surface area contributed by atoms with Crippen LogP contribution in [0.5, 0.6) is 0 Å². The maximum Gasteiger partial charge on any atom is 0.244 e. The maximum atomic E-state index is 11.7. The summed E-state index contributed by atoms with van der Waals surface area (Å²) in [6, 6.07) is 0.132. The molecule has 0 fully saturated rings. The lowest BCUT2D eigenvalue weighted by atomic mass is 10.1. The van der Waals surface area contributed by atoms with Crippen molar-refractivity contribution in [3.8, 4) is 0 Å². The molecule has 0 spiro atoms. The summed E-state index contributed by atoms with van der Waals surface area (Å²) in [4.78, 5) is 17.8. The highest BCUT2D eigenvalue weighted by Crippen LogP contribution is 2.21. The van der Waals surface area contributed by atoms with Crippen molar-refractivity contribution in [1.29, 1.82) is 0 Å². The van der Waals surface area contributed by atoms with Crippen LogP contribution in [0.15, 0.2) is 4.99 Å². The fourth-order valence-corrected chi connectivity index (χ4v) is 2.61. The summed E-state index contributed by atoms with van der Waals surface area (Å²) in [5, 5.41) is 4.07. The summed E-state index contributed by atoms with van der Waals surface area (Å²) >= 11 is 1.70. The van der Waals surface area contributed by atoms with E-state index < -0.39 is 0 Å². The Hall–Kier alpha value is -0.710. The molecule has 16 heavy (non-hydrogen) atoms. The molecule has 0 saturated carbocycles. The van der Waals surface area contributed by atoms with Crippen LogP contribution in [0.3, 0.4) is 0 Å². The van der Waals surface area contributed by atoms with Crippen molar-refractivity contribution in [2.75, 3.05) is 19.8 Å². The molecule has 3 unspecified atom stereocenters. The second-order valence-corrected chi connectivity index (χ2v) is 5.57. The molecule has 4 nitrogen and oxygen atoms in total. The predicted octanol–water partition coefficient (Wildman–Crippen LogP) is 1.18. The molecule has 0 aliphatic carbocycles. The molecule has 1 amide bonds. The minimum absolute atomic E-state index is 0.0783. The highest BCUT2D eigenvalue weighted by atomic mass is 32.2. The number of likely N-dealkylation sites (N-methyl/N-ethyl adjacent to an activating group) is 1. The molecule has 0 radical (unpaired) electrons. The molecule has 1 rings (SSSR count). The van der Waals surface area contributed by atoms with Gasteiger partial charge in [0, 0.05) is 19.8 Å². The third-order valence-electron chi connectivity index (χ3n) is 2.78. The molecule has 1 heterocycles. The molecule has 1 aliphatic heterocycles. The van der Waals surface area contributed by atoms with E-state index in [0.29, 0.717) is 12.0 Å². The topological polar surface area (TPSA) is 44.7 Å². The van der Waals surface area contributed by atoms with Gasteiger partial charge in [0.15, 0.2) is 5.17 Å². The summed E-state index contributed by atoms with van der Waals surface area (Å²) in [6.07, 6.45) is 0. The highest BCUT2D eigenvalue weighted by molar-refractivity contribution is 8.13. The zero-order chi connectivity index (χ0) is 12.3. The Morgan fingerprint density at radius 3 is 2.69 bits per heavy atom. The fourth-order valence-electron chi connectivity index (χ4n) is 1.41. The quantitative estimate of drug-likeness (QED) is 0.792. The third kappa shape index (κ3) is 3.40. The first-order valence-corrected chi connectivity index (χ1v) is 6.58. The van der Waals surface area contributed by atoms with Crippen LogP contribution >= 0.6 is 11.8 Å². The van der Waals surface area contributed by atoms with Crippen molar-refractivity contribution >= 4 is 22.8 Å². The van der Waals surface area contributed by atoms with Gasteiger partial charge in [-0.1, -0.05) is 18.7 Å². The Balaban J connectivity index is 2.55. The van der Waals surface area contributed by atoms with Gasteiger partial charge in [-0.05, 0) is 19.8 Å². The molecule has 3 atom stereocenters. The standard InChI is InChI=1S/C11H21N3OS/c1-7-6-16-11(12-8(7)2)13-9(3)10(15)14(4)5/h7-9H,6H2,1-5H3,(H,12,13). The lowest BCUT2D eigenvalue weighted by molar-refractivity contribution is -0.130. The number of nitrogens with one attached hydrogen (secondary N) is 1. The van der Waals surface area contributed by atoms with Gasteiger partial charge in [0.2, 0.25) is 5.91 Å². The molecular weight excluding hydrogens is 222 g/mol. The molecule has 5 heteroatoms. The van der Waals surface area contributed by atoms with Crippen LogP contribution in [-0.2, 0) is 4.79 Å². The molecule has 0 aromatic carbocycles. The summed E-state index contributed by atoms with van der Waals surface area (Å²) in [5.74, 6) is 1.75. The van der Waals surface area contributed by atoms with E-state index in [1.165, 1.54) is 0 Å². The summed E-state index contributed by atoms with van der Waals surface area (Å²) in [6.45, 7) is 6.19. The van der Waals surface area contributed by atoms with Crippen molar-refractivity contribution in [1.82, 2.24) is 10.2 Å². The van der Waals surface area contributed by atoms with E-state index in [-0.39, 0.29) is 11.9 Å². The molecule has 0 aromatic rings. The molecule has 0 bridgehead atoms. The minimum atomic E-state index is -0.207.